The van der Waals surface area contributed by atoms with Gasteiger partial charge in [-0.05, 0) is 23.8 Å². The van der Waals surface area contributed by atoms with Gasteiger partial charge in [0.15, 0.2) is 0 Å². The average molecular weight is 334 g/mol. The third kappa shape index (κ3) is 3.27. The molecule has 126 valence electrons. The molecule has 0 unspecified atom stereocenters. The maximum atomic E-state index is 11.1. The summed E-state index contributed by atoms with van der Waals surface area (Å²) in [5.74, 6) is 0.401. The van der Waals surface area contributed by atoms with Gasteiger partial charge >= 0.3 is 0 Å². The fraction of sp³-hybridized carbons (Fsp3) is 0.222. The van der Waals surface area contributed by atoms with Crippen molar-refractivity contribution in [3.8, 4) is 0 Å². The van der Waals surface area contributed by atoms with Crippen LogP contribution in [0, 0.1) is 0 Å². The third-order valence-electron chi connectivity index (χ3n) is 4.22. The first-order valence-corrected chi connectivity index (χ1v) is 8.15. The number of carbonyl (C=O) groups excluding carboxylic acids is 1. The van der Waals surface area contributed by atoms with Crippen molar-refractivity contribution in [3.63, 3.8) is 0 Å². The number of aliphatic imine (C=N–C) groups is 1. The molecule has 7 nitrogen and oxygen atoms in total. The van der Waals surface area contributed by atoms with Crippen LogP contribution in [0.3, 0.4) is 0 Å². The highest BCUT2D eigenvalue weighted by atomic mass is 16.1. The number of amidine groups is 1. The standard InChI is InChI=1S/C18H18N6O/c19-18-4-11(10-25)3-16-17(24-18)6-14(9-22-16)23-13-5-12-7-20-2-1-15(12)21-8-13/h3,5-6,8-10,20,23H,1-2,4,7H2,(H2,19,24). The van der Waals surface area contributed by atoms with Crippen LogP contribution in [0.5, 0.6) is 0 Å². The van der Waals surface area contributed by atoms with Crippen molar-refractivity contribution >= 4 is 35.3 Å². The van der Waals surface area contributed by atoms with E-state index in [2.05, 4.69) is 31.7 Å². The Morgan fingerprint density at radius 1 is 1.20 bits per heavy atom. The molecule has 2 aromatic rings. The summed E-state index contributed by atoms with van der Waals surface area (Å²) in [4.78, 5) is 24.4. The molecule has 25 heavy (non-hydrogen) atoms. The number of hydrogen-bond acceptors (Lipinski definition) is 7. The largest absolute Gasteiger partial charge is 0.387 e. The molecule has 2 aliphatic heterocycles. The van der Waals surface area contributed by atoms with Crippen molar-refractivity contribution in [1.82, 2.24) is 15.3 Å². The van der Waals surface area contributed by atoms with Gasteiger partial charge in [-0.2, -0.15) is 0 Å². The van der Waals surface area contributed by atoms with E-state index in [1.807, 2.05) is 12.3 Å². The van der Waals surface area contributed by atoms with E-state index >= 15 is 0 Å². The minimum absolute atomic E-state index is 0.338. The van der Waals surface area contributed by atoms with E-state index in [9.17, 15) is 4.79 Å². The second kappa shape index (κ2) is 6.45. The van der Waals surface area contributed by atoms with Crippen LogP contribution < -0.4 is 16.4 Å². The number of nitrogens with zero attached hydrogens (tertiary/aromatic N) is 3. The van der Waals surface area contributed by atoms with Gasteiger partial charge in [-0.1, -0.05) is 0 Å². The summed E-state index contributed by atoms with van der Waals surface area (Å²) in [5.41, 5.74) is 11.8. The summed E-state index contributed by atoms with van der Waals surface area (Å²) in [5, 5.41) is 6.66. The van der Waals surface area contributed by atoms with E-state index in [0.717, 1.165) is 42.9 Å². The van der Waals surface area contributed by atoms with E-state index in [0.29, 0.717) is 29.2 Å². The summed E-state index contributed by atoms with van der Waals surface area (Å²) in [7, 11) is 0. The molecule has 0 atom stereocenters. The molecule has 7 heteroatoms. The maximum absolute atomic E-state index is 11.1. The second-order valence-corrected chi connectivity index (χ2v) is 6.13. The highest BCUT2D eigenvalue weighted by Gasteiger charge is 2.13. The number of aldehydes is 1. The molecule has 4 rings (SSSR count). The van der Waals surface area contributed by atoms with E-state index in [4.69, 9.17) is 5.73 Å². The first-order chi connectivity index (χ1) is 12.2. The summed E-state index contributed by atoms with van der Waals surface area (Å²) in [6, 6.07) is 3.97. The number of fused-ring (bicyclic) bond motifs is 2. The average Bonchev–Trinajstić information content (AvgIpc) is 2.79. The Hall–Kier alpha value is -3.06. The van der Waals surface area contributed by atoms with Gasteiger partial charge in [-0.25, -0.2) is 4.99 Å². The molecular weight excluding hydrogens is 316 g/mol. The van der Waals surface area contributed by atoms with Crippen LogP contribution in [0.4, 0.5) is 17.1 Å². The Balaban J connectivity index is 1.63. The van der Waals surface area contributed by atoms with E-state index in [1.54, 1.807) is 12.3 Å². The minimum Gasteiger partial charge on any atom is -0.387 e. The lowest BCUT2D eigenvalue weighted by Gasteiger charge is -2.17. The van der Waals surface area contributed by atoms with Crippen molar-refractivity contribution in [2.75, 3.05) is 11.9 Å². The number of pyridine rings is 2. The van der Waals surface area contributed by atoms with Crippen molar-refractivity contribution in [1.29, 1.82) is 0 Å². The first kappa shape index (κ1) is 15.5. The summed E-state index contributed by atoms with van der Waals surface area (Å²) in [6.07, 6.45) is 7.35. The van der Waals surface area contributed by atoms with Crippen LogP contribution in [0.1, 0.15) is 23.4 Å². The lowest BCUT2D eigenvalue weighted by Crippen LogP contribution is -2.24. The normalized spacial score (nSPS) is 16.0. The number of aromatic nitrogens is 2. The van der Waals surface area contributed by atoms with Gasteiger partial charge in [0, 0.05) is 37.2 Å². The van der Waals surface area contributed by atoms with Crippen LogP contribution in [0.2, 0.25) is 0 Å². The second-order valence-electron chi connectivity index (χ2n) is 6.13. The molecule has 4 N–H and O–H groups in total. The molecule has 0 fully saturated rings. The predicted molar refractivity (Wildman–Crippen MR) is 97.1 cm³/mol. The Kier molecular flexibility index (Phi) is 3.99. The SMILES string of the molecule is NC1=Nc2cc(Nc3cnc4c(c3)CNCC4)cnc2C=C(C=O)C1. The molecule has 0 aliphatic carbocycles. The van der Waals surface area contributed by atoms with Gasteiger partial charge in [0.25, 0.3) is 0 Å². The molecule has 0 aromatic carbocycles. The molecule has 2 aliphatic rings. The third-order valence-corrected chi connectivity index (χ3v) is 4.22. The lowest BCUT2D eigenvalue weighted by atomic mass is 10.1. The van der Waals surface area contributed by atoms with Crippen LogP contribution in [0.15, 0.2) is 35.1 Å². The molecule has 4 heterocycles. The summed E-state index contributed by atoms with van der Waals surface area (Å²) < 4.78 is 0. The van der Waals surface area contributed by atoms with Gasteiger partial charge in [-0.3, -0.25) is 14.8 Å². The van der Waals surface area contributed by atoms with Gasteiger partial charge < -0.3 is 16.4 Å². The maximum Gasteiger partial charge on any atom is 0.146 e. The van der Waals surface area contributed by atoms with Gasteiger partial charge in [0.1, 0.15) is 12.1 Å². The number of anilines is 2. The fourth-order valence-corrected chi connectivity index (χ4v) is 3.02. The Morgan fingerprint density at radius 2 is 2.04 bits per heavy atom. The lowest BCUT2D eigenvalue weighted by molar-refractivity contribution is -0.104. The fourth-order valence-electron chi connectivity index (χ4n) is 3.02. The quantitative estimate of drug-likeness (QED) is 0.740. The van der Waals surface area contributed by atoms with Crippen molar-refractivity contribution in [2.24, 2.45) is 10.7 Å². The zero-order valence-corrected chi connectivity index (χ0v) is 13.6. The van der Waals surface area contributed by atoms with Crippen molar-refractivity contribution in [2.45, 2.75) is 19.4 Å². The smallest absolute Gasteiger partial charge is 0.146 e. The summed E-state index contributed by atoms with van der Waals surface area (Å²) >= 11 is 0. The topological polar surface area (TPSA) is 105 Å². The molecule has 0 bridgehead atoms. The van der Waals surface area contributed by atoms with Crippen LogP contribution in [0.25, 0.3) is 6.08 Å². The van der Waals surface area contributed by atoms with E-state index in [1.165, 1.54) is 5.56 Å². The zero-order valence-electron chi connectivity index (χ0n) is 13.6. The number of carbonyl (C=O) groups is 1. The van der Waals surface area contributed by atoms with E-state index < -0.39 is 0 Å². The highest BCUT2D eigenvalue weighted by Crippen LogP contribution is 2.28. The minimum atomic E-state index is 0.338. The number of hydrogen-bond donors (Lipinski definition) is 3. The van der Waals surface area contributed by atoms with Gasteiger partial charge in [0.2, 0.25) is 0 Å². The monoisotopic (exact) mass is 334 g/mol. The van der Waals surface area contributed by atoms with Crippen LogP contribution >= 0.6 is 0 Å². The van der Waals surface area contributed by atoms with E-state index in [-0.39, 0.29) is 0 Å². The van der Waals surface area contributed by atoms with Crippen molar-refractivity contribution in [3.05, 3.63) is 47.1 Å². The highest BCUT2D eigenvalue weighted by molar-refractivity contribution is 5.97. The Labute approximate surface area is 145 Å². The summed E-state index contributed by atoms with van der Waals surface area (Å²) in [6.45, 7) is 1.80. The predicted octanol–water partition coefficient (Wildman–Crippen LogP) is 1.84. The molecule has 2 aromatic heterocycles. The molecule has 0 radical (unpaired) electrons. The number of rotatable bonds is 3. The Morgan fingerprint density at radius 3 is 2.92 bits per heavy atom. The molecule has 0 spiro atoms. The van der Waals surface area contributed by atoms with Gasteiger partial charge in [0.05, 0.1) is 35.1 Å². The molecule has 0 amide bonds. The molecule has 0 saturated carbocycles. The first-order valence-electron chi connectivity index (χ1n) is 8.15. The number of nitrogens with one attached hydrogen (secondary N) is 2. The van der Waals surface area contributed by atoms with Crippen LogP contribution in [-0.4, -0.2) is 28.6 Å². The molecular formula is C18H18N6O. The number of nitrogens with two attached hydrogens (primary N) is 1. The zero-order chi connectivity index (χ0) is 17.2. The Bertz CT molecular complexity index is 902. The van der Waals surface area contributed by atoms with Crippen molar-refractivity contribution < 1.29 is 4.79 Å². The van der Waals surface area contributed by atoms with Crippen LogP contribution in [-0.2, 0) is 17.8 Å². The van der Waals surface area contributed by atoms with Gasteiger partial charge in [-0.15, -0.1) is 0 Å². The molecule has 0 saturated heterocycles.